The molecule has 3 heteroatoms. The van der Waals surface area contributed by atoms with Crippen LogP contribution in [0, 0.1) is 13.8 Å². The molecule has 0 saturated carbocycles. The molecule has 0 amide bonds. The lowest BCUT2D eigenvalue weighted by Gasteiger charge is -2.16. The van der Waals surface area contributed by atoms with E-state index in [1.807, 2.05) is 38.1 Å². The molecule has 1 aromatic heterocycles. The van der Waals surface area contributed by atoms with Crippen LogP contribution in [0.4, 0.5) is 0 Å². The van der Waals surface area contributed by atoms with Crippen LogP contribution in [0.2, 0.25) is 0 Å². The lowest BCUT2D eigenvalue weighted by atomic mass is 10.1. The van der Waals surface area contributed by atoms with E-state index in [4.69, 9.17) is 0 Å². The van der Waals surface area contributed by atoms with Gasteiger partial charge in [-0.15, -0.1) is 0 Å². The number of benzene rings is 1. The van der Waals surface area contributed by atoms with Gasteiger partial charge in [0.15, 0.2) is 5.78 Å². The maximum Gasteiger partial charge on any atom is 0.178 e. The number of ketones is 1. The Morgan fingerprint density at radius 1 is 1.10 bits per heavy atom. The van der Waals surface area contributed by atoms with Crippen LogP contribution in [0.1, 0.15) is 35.6 Å². The standard InChI is InChI=1S/C18H24N2O/c1-5-19(6-2)13-18(21)17-12-14(3)20(15(17)4)16-10-8-7-9-11-16/h7-12H,5-6,13H2,1-4H3. The largest absolute Gasteiger partial charge is 0.318 e. The van der Waals surface area contributed by atoms with Gasteiger partial charge < -0.3 is 4.57 Å². The monoisotopic (exact) mass is 284 g/mol. The van der Waals surface area contributed by atoms with Crippen molar-refractivity contribution in [1.29, 1.82) is 0 Å². The topological polar surface area (TPSA) is 25.2 Å². The smallest absolute Gasteiger partial charge is 0.178 e. The quantitative estimate of drug-likeness (QED) is 0.757. The lowest BCUT2D eigenvalue weighted by Crippen LogP contribution is -2.29. The molecule has 2 rings (SSSR count). The molecular weight excluding hydrogens is 260 g/mol. The predicted octanol–water partition coefficient (Wildman–Crippen LogP) is 3.62. The van der Waals surface area contributed by atoms with Crippen molar-refractivity contribution >= 4 is 5.78 Å². The van der Waals surface area contributed by atoms with Crippen LogP contribution < -0.4 is 0 Å². The summed E-state index contributed by atoms with van der Waals surface area (Å²) in [4.78, 5) is 14.7. The SMILES string of the molecule is CCN(CC)CC(=O)c1cc(C)n(-c2ccccc2)c1C. The molecule has 0 aliphatic carbocycles. The summed E-state index contributed by atoms with van der Waals surface area (Å²) in [5, 5.41) is 0. The summed E-state index contributed by atoms with van der Waals surface area (Å²) in [6.07, 6.45) is 0. The van der Waals surface area contributed by atoms with E-state index in [0.29, 0.717) is 6.54 Å². The molecule has 0 fully saturated rings. The zero-order valence-corrected chi connectivity index (χ0v) is 13.4. The number of para-hydroxylation sites is 1. The van der Waals surface area contributed by atoms with Gasteiger partial charge in [-0.05, 0) is 45.1 Å². The Hall–Kier alpha value is -1.87. The summed E-state index contributed by atoms with van der Waals surface area (Å²) in [5.41, 5.74) is 4.06. The van der Waals surface area contributed by atoms with Crippen LogP contribution in [0.15, 0.2) is 36.4 Å². The fourth-order valence-corrected chi connectivity index (χ4v) is 2.75. The van der Waals surface area contributed by atoms with Crippen molar-refractivity contribution in [2.45, 2.75) is 27.7 Å². The second kappa shape index (κ2) is 6.72. The van der Waals surface area contributed by atoms with Gasteiger partial charge >= 0.3 is 0 Å². The number of nitrogens with zero attached hydrogens (tertiary/aromatic N) is 2. The van der Waals surface area contributed by atoms with Gasteiger partial charge in [0.05, 0.1) is 6.54 Å². The normalized spacial score (nSPS) is 11.1. The van der Waals surface area contributed by atoms with Crippen LogP contribution in [-0.4, -0.2) is 34.9 Å². The number of Topliss-reactive ketones (excluding diaryl/α,β-unsaturated/α-hetero) is 1. The molecule has 0 aliphatic heterocycles. The minimum Gasteiger partial charge on any atom is -0.318 e. The fraction of sp³-hybridized carbons (Fsp3) is 0.389. The summed E-state index contributed by atoms with van der Waals surface area (Å²) in [6, 6.07) is 12.2. The number of hydrogen-bond donors (Lipinski definition) is 0. The first-order valence-electron chi connectivity index (χ1n) is 7.58. The highest BCUT2D eigenvalue weighted by Gasteiger charge is 2.17. The number of likely N-dealkylation sites (N-methyl/N-ethyl adjacent to an activating group) is 1. The third kappa shape index (κ3) is 3.24. The number of hydrogen-bond acceptors (Lipinski definition) is 2. The minimum atomic E-state index is 0.203. The highest BCUT2D eigenvalue weighted by atomic mass is 16.1. The predicted molar refractivity (Wildman–Crippen MR) is 87.4 cm³/mol. The Balaban J connectivity index is 2.33. The van der Waals surface area contributed by atoms with Crippen molar-refractivity contribution in [3.05, 3.63) is 53.3 Å². The molecule has 0 atom stereocenters. The number of rotatable bonds is 6. The van der Waals surface area contributed by atoms with Crippen LogP contribution in [-0.2, 0) is 0 Å². The third-order valence-corrected chi connectivity index (χ3v) is 4.01. The number of carbonyl (C=O) groups is 1. The van der Waals surface area contributed by atoms with E-state index in [-0.39, 0.29) is 5.78 Å². The van der Waals surface area contributed by atoms with E-state index in [9.17, 15) is 4.79 Å². The average Bonchev–Trinajstić information content (AvgIpc) is 2.80. The van der Waals surface area contributed by atoms with Gasteiger partial charge in [0.1, 0.15) is 0 Å². The maximum atomic E-state index is 12.5. The molecule has 1 aromatic carbocycles. The number of aryl methyl sites for hydroxylation is 1. The Morgan fingerprint density at radius 2 is 1.71 bits per heavy atom. The molecule has 0 aliphatic rings. The van der Waals surface area contributed by atoms with Gasteiger partial charge in [-0.25, -0.2) is 0 Å². The molecule has 0 radical (unpaired) electrons. The van der Waals surface area contributed by atoms with Gasteiger partial charge in [-0.1, -0.05) is 32.0 Å². The summed E-state index contributed by atoms with van der Waals surface area (Å²) in [6.45, 7) is 10.5. The molecule has 0 spiro atoms. The molecular formula is C18H24N2O. The van der Waals surface area contributed by atoms with E-state index in [1.54, 1.807) is 0 Å². The van der Waals surface area contributed by atoms with Gasteiger partial charge in [0.2, 0.25) is 0 Å². The second-order valence-electron chi connectivity index (χ2n) is 5.34. The fourth-order valence-electron chi connectivity index (χ4n) is 2.75. The van der Waals surface area contributed by atoms with E-state index < -0.39 is 0 Å². The molecule has 2 aromatic rings. The molecule has 3 nitrogen and oxygen atoms in total. The Morgan fingerprint density at radius 3 is 2.29 bits per heavy atom. The number of aromatic nitrogens is 1. The van der Waals surface area contributed by atoms with Crippen molar-refractivity contribution in [2.75, 3.05) is 19.6 Å². The van der Waals surface area contributed by atoms with Crippen molar-refractivity contribution in [1.82, 2.24) is 9.47 Å². The third-order valence-electron chi connectivity index (χ3n) is 4.01. The van der Waals surface area contributed by atoms with Crippen LogP contribution in [0.25, 0.3) is 5.69 Å². The first-order valence-corrected chi connectivity index (χ1v) is 7.58. The summed E-state index contributed by atoms with van der Waals surface area (Å²) in [5.74, 6) is 0.203. The van der Waals surface area contributed by atoms with Crippen LogP contribution in [0.5, 0.6) is 0 Å². The van der Waals surface area contributed by atoms with Crippen LogP contribution in [0.3, 0.4) is 0 Å². The number of carbonyl (C=O) groups excluding carboxylic acids is 1. The van der Waals surface area contributed by atoms with Crippen molar-refractivity contribution < 1.29 is 4.79 Å². The molecule has 112 valence electrons. The molecule has 0 saturated heterocycles. The average molecular weight is 284 g/mol. The Labute approximate surface area is 127 Å². The van der Waals surface area contributed by atoms with E-state index in [2.05, 4.69) is 35.4 Å². The summed E-state index contributed by atoms with van der Waals surface area (Å²) < 4.78 is 2.15. The molecule has 0 bridgehead atoms. The van der Waals surface area contributed by atoms with Crippen molar-refractivity contribution in [3.8, 4) is 5.69 Å². The zero-order chi connectivity index (χ0) is 15.4. The molecule has 0 N–H and O–H groups in total. The Bertz CT molecular complexity index is 610. The molecule has 21 heavy (non-hydrogen) atoms. The highest BCUT2D eigenvalue weighted by Crippen LogP contribution is 2.21. The maximum absolute atomic E-state index is 12.5. The van der Waals surface area contributed by atoms with Gasteiger partial charge in [-0.2, -0.15) is 0 Å². The second-order valence-corrected chi connectivity index (χ2v) is 5.34. The first-order chi connectivity index (χ1) is 10.1. The van der Waals surface area contributed by atoms with Crippen molar-refractivity contribution in [2.24, 2.45) is 0 Å². The van der Waals surface area contributed by atoms with Crippen molar-refractivity contribution in [3.63, 3.8) is 0 Å². The van der Waals surface area contributed by atoms with Gasteiger partial charge in [-0.3, -0.25) is 9.69 Å². The summed E-state index contributed by atoms with van der Waals surface area (Å²) >= 11 is 0. The van der Waals surface area contributed by atoms with Gasteiger partial charge in [0.25, 0.3) is 0 Å². The lowest BCUT2D eigenvalue weighted by molar-refractivity contribution is 0.0937. The van der Waals surface area contributed by atoms with Gasteiger partial charge in [0, 0.05) is 22.6 Å². The van der Waals surface area contributed by atoms with Crippen LogP contribution >= 0.6 is 0 Å². The Kier molecular flexibility index (Phi) is 4.97. The van der Waals surface area contributed by atoms with E-state index in [1.165, 1.54) is 0 Å². The highest BCUT2D eigenvalue weighted by molar-refractivity contribution is 5.99. The molecule has 1 heterocycles. The minimum absolute atomic E-state index is 0.203. The zero-order valence-electron chi connectivity index (χ0n) is 13.4. The molecule has 0 unspecified atom stereocenters. The summed E-state index contributed by atoms with van der Waals surface area (Å²) in [7, 11) is 0. The van der Waals surface area contributed by atoms with E-state index >= 15 is 0 Å². The van der Waals surface area contributed by atoms with E-state index in [0.717, 1.165) is 35.7 Å². The first kappa shape index (κ1) is 15.5.